The third kappa shape index (κ3) is 17.4. The lowest BCUT2D eigenvalue weighted by Gasteiger charge is -1.98. The van der Waals surface area contributed by atoms with Crippen molar-refractivity contribution in [3.63, 3.8) is 0 Å². The maximum Gasteiger partial charge on any atom is 0.281 e. The molecule has 0 aromatic heterocycles. The van der Waals surface area contributed by atoms with Crippen LogP contribution < -0.4 is 0 Å². The molecule has 0 saturated heterocycles. The molecular formula is C18H35O+. The van der Waals surface area contributed by atoms with E-state index < -0.39 is 0 Å². The SMILES string of the molecule is CCCCCCCC/C=C\CCCCCCCC=[OH+]. The van der Waals surface area contributed by atoms with Gasteiger partial charge in [-0.25, -0.2) is 0 Å². The van der Waals surface area contributed by atoms with Crippen LogP contribution in [-0.4, -0.2) is 11.1 Å². The normalized spacial score (nSPS) is 11.2. The summed E-state index contributed by atoms with van der Waals surface area (Å²) < 4.78 is 0. The van der Waals surface area contributed by atoms with Crippen LogP contribution in [-0.2, 0) is 0 Å². The van der Waals surface area contributed by atoms with Crippen LogP contribution in [0.25, 0.3) is 0 Å². The third-order valence-corrected chi connectivity index (χ3v) is 3.60. The van der Waals surface area contributed by atoms with Crippen LogP contribution in [0.3, 0.4) is 0 Å². The van der Waals surface area contributed by atoms with Crippen molar-refractivity contribution >= 4 is 6.29 Å². The minimum Gasteiger partial charge on any atom is -0.287 e. The van der Waals surface area contributed by atoms with Gasteiger partial charge < -0.3 is 0 Å². The summed E-state index contributed by atoms with van der Waals surface area (Å²) in [5.74, 6) is 0. The van der Waals surface area contributed by atoms with E-state index in [0.717, 1.165) is 12.8 Å². The molecule has 112 valence electrons. The molecule has 0 radical (unpaired) electrons. The highest BCUT2D eigenvalue weighted by Gasteiger charge is 1.91. The second-order valence-electron chi connectivity index (χ2n) is 5.56. The van der Waals surface area contributed by atoms with Crippen molar-refractivity contribution in [2.75, 3.05) is 0 Å². The third-order valence-electron chi connectivity index (χ3n) is 3.60. The summed E-state index contributed by atoms with van der Waals surface area (Å²) >= 11 is 0. The van der Waals surface area contributed by atoms with Crippen LogP contribution in [0.5, 0.6) is 0 Å². The van der Waals surface area contributed by atoms with Gasteiger partial charge in [0.15, 0.2) is 0 Å². The summed E-state index contributed by atoms with van der Waals surface area (Å²) in [6.45, 7) is 2.27. The zero-order valence-electron chi connectivity index (χ0n) is 13.1. The number of aldehydes is 1. The van der Waals surface area contributed by atoms with Crippen molar-refractivity contribution < 1.29 is 4.79 Å². The molecule has 0 bridgehead atoms. The number of allylic oxidation sites excluding steroid dienone is 2. The Morgan fingerprint density at radius 2 is 1.00 bits per heavy atom. The fourth-order valence-electron chi connectivity index (χ4n) is 2.31. The van der Waals surface area contributed by atoms with E-state index in [-0.39, 0.29) is 0 Å². The van der Waals surface area contributed by atoms with Gasteiger partial charge in [-0.1, -0.05) is 70.4 Å². The van der Waals surface area contributed by atoms with Crippen molar-refractivity contribution in [2.24, 2.45) is 0 Å². The van der Waals surface area contributed by atoms with Gasteiger partial charge in [0.1, 0.15) is 0 Å². The van der Waals surface area contributed by atoms with Gasteiger partial charge in [-0.3, -0.25) is 4.79 Å². The highest BCUT2D eigenvalue weighted by atomic mass is 16.1. The summed E-state index contributed by atoms with van der Waals surface area (Å²) in [5.41, 5.74) is 0. The zero-order chi connectivity index (χ0) is 14.0. The van der Waals surface area contributed by atoms with Crippen LogP contribution in [0, 0.1) is 0 Å². The molecule has 19 heavy (non-hydrogen) atoms. The molecule has 0 aromatic carbocycles. The molecule has 0 amide bonds. The monoisotopic (exact) mass is 267 g/mol. The van der Waals surface area contributed by atoms with E-state index in [0.29, 0.717) is 0 Å². The second kappa shape index (κ2) is 17.4. The van der Waals surface area contributed by atoms with Crippen molar-refractivity contribution in [3.05, 3.63) is 12.2 Å². The minimum atomic E-state index is 0.859. The molecule has 0 unspecified atom stereocenters. The first-order valence-electron chi connectivity index (χ1n) is 8.52. The van der Waals surface area contributed by atoms with Crippen molar-refractivity contribution in [2.45, 2.75) is 96.8 Å². The van der Waals surface area contributed by atoms with Gasteiger partial charge in [-0.05, 0) is 32.1 Å². The lowest BCUT2D eigenvalue weighted by Crippen LogP contribution is -1.80. The van der Waals surface area contributed by atoms with Crippen molar-refractivity contribution in [3.8, 4) is 0 Å². The summed E-state index contributed by atoms with van der Waals surface area (Å²) in [4.78, 5) is 8.54. The van der Waals surface area contributed by atoms with E-state index in [4.69, 9.17) is 4.79 Å². The van der Waals surface area contributed by atoms with E-state index in [2.05, 4.69) is 19.1 Å². The topological polar surface area (TPSA) is 21.4 Å². The van der Waals surface area contributed by atoms with Gasteiger partial charge in [-0.2, -0.15) is 0 Å². The first-order valence-corrected chi connectivity index (χ1v) is 8.52. The largest absolute Gasteiger partial charge is 0.287 e. The Hall–Kier alpha value is -0.590. The van der Waals surface area contributed by atoms with Gasteiger partial charge in [-0.15, -0.1) is 0 Å². The van der Waals surface area contributed by atoms with E-state index in [9.17, 15) is 0 Å². The highest BCUT2D eigenvalue weighted by molar-refractivity contribution is 5.50. The average molecular weight is 267 g/mol. The number of carbonyl (C=O) groups excluding carboxylic acids is 1. The molecule has 0 aliphatic carbocycles. The fraction of sp³-hybridized carbons (Fsp3) is 0.833. The predicted octanol–water partition coefficient (Wildman–Crippen LogP) is 6.20. The molecule has 1 heteroatoms. The molecule has 1 N–H and O–H groups in total. The first-order chi connectivity index (χ1) is 9.41. The molecule has 0 fully saturated rings. The smallest absolute Gasteiger partial charge is 0.281 e. The Morgan fingerprint density at radius 3 is 1.47 bits per heavy atom. The minimum absolute atomic E-state index is 0.859. The Labute approximate surface area is 120 Å². The maximum atomic E-state index is 8.54. The van der Waals surface area contributed by atoms with Gasteiger partial charge in [0.25, 0.3) is 6.29 Å². The quantitative estimate of drug-likeness (QED) is 0.146. The summed E-state index contributed by atoms with van der Waals surface area (Å²) in [6, 6.07) is 0. The number of hydrogen-bond acceptors (Lipinski definition) is 0. The van der Waals surface area contributed by atoms with E-state index in [1.54, 1.807) is 0 Å². The van der Waals surface area contributed by atoms with Crippen LogP contribution in [0.4, 0.5) is 0 Å². The van der Waals surface area contributed by atoms with Crippen molar-refractivity contribution in [1.29, 1.82) is 0 Å². The molecule has 0 atom stereocenters. The van der Waals surface area contributed by atoms with Crippen LogP contribution in [0.2, 0.25) is 0 Å². The zero-order valence-corrected chi connectivity index (χ0v) is 13.1. The Morgan fingerprint density at radius 1 is 0.579 bits per heavy atom. The second-order valence-corrected chi connectivity index (χ2v) is 5.56. The Kier molecular flexibility index (Phi) is 16.9. The Bertz CT molecular complexity index is 196. The van der Waals surface area contributed by atoms with Gasteiger partial charge in [0.2, 0.25) is 0 Å². The molecule has 0 aliphatic heterocycles. The van der Waals surface area contributed by atoms with E-state index in [1.807, 2.05) is 0 Å². The van der Waals surface area contributed by atoms with Gasteiger partial charge in [0.05, 0.1) is 6.42 Å². The van der Waals surface area contributed by atoms with Crippen LogP contribution >= 0.6 is 0 Å². The van der Waals surface area contributed by atoms with Crippen molar-refractivity contribution in [1.82, 2.24) is 0 Å². The molecule has 0 aromatic rings. The van der Waals surface area contributed by atoms with E-state index in [1.165, 1.54) is 83.3 Å². The lowest BCUT2D eigenvalue weighted by atomic mass is 10.1. The molecular weight excluding hydrogens is 232 g/mol. The lowest BCUT2D eigenvalue weighted by molar-refractivity contribution is 0.608. The molecule has 0 saturated carbocycles. The standard InChI is InChI=1S/C18H34O/c1-2-3-4-5-6-7-8-9-10-11-12-13-14-15-16-17-18-19/h9-10,18H,2-8,11-17H2,1H3/p+1/b10-9-. The number of rotatable bonds is 15. The molecule has 0 rings (SSSR count). The first kappa shape index (κ1) is 18.4. The molecule has 0 aliphatic rings. The number of unbranched alkanes of at least 4 members (excludes halogenated alkanes) is 12. The maximum absolute atomic E-state index is 8.54. The summed E-state index contributed by atoms with van der Waals surface area (Å²) in [5, 5.41) is 0. The molecule has 0 heterocycles. The highest BCUT2D eigenvalue weighted by Crippen LogP contribution is 2.09. The van der Waals surface area contributed by atoms with Crippen LogP contribution in [0.15, 0.2) is 12.2 Å². The van der Waals surface area contributed by atoms with Gasteiger partial charge >= 0.3 is 0 Å². The van der Waals surface area contributed by atoms with Crippen LogP contribution in [0.1, 0.15) is 96.8 Å². The van der Waals surface area contributed by atoms with E-state index >= 15 is 0 Å². The average Bonchev–Trinajstić information content (AvgIpc) is 2.43. The summed E-state index contributed by atoms with van der Waals surface area (Å²) in [6.07, 6.45) is 24.2. The fourth-order valence-corrected chi connectivity index (χ4v) is 2.31. The molecule has 1 nitrogen and oxygen atoms in total. The predicted molar refractivity (Wildman–Crippen MR) is 87.5 cm³/mol. The Balaban J connectivity index is 3.03. The summed E-state index contributed by atoms with van der Waals surface area (Å²) in [7, 11) is 0. The number of hydrogen-bond donors (Lipinski definition) is 0. The molecule has 0 spiro atoms. The van der Waals surface area contributed by atoms with Gasteiger partial charge in [0, 0.05) is 0 Å².